The lowest BCUT2D eigenvalue weighted by molar-refractivity contribution is 0.0950. The Kier molecular flexibility index (Phi) is 6.49. The molecule has 5 rings (SSSR count). The van der Waals surface area contributed by atoms with Crippen LogP contribution in [-0.4, -0.2) is 29.2 Å². The van der Waals surface area contributed by atoms with Crippen molar-refractivity contribution >= 4 is 17.4 Å². The minimum Gasteiger partial charge on any atom is -0.493 e. The molecular formula is C26H23N3O5S. The van der Waals surface area contributed by atoms with Crippen LogP contribution in [0.1, 0.15) is 32.9 Å². The van der Waals surface area contributed by atoms with Gasteiger partial charge in [-0.05, 0) is 48.4 Å². The maximum atomic E-state index is 12.8. The fraction of sp³-hybridized carbons (Fsp3) is 0.192. The summed E-state index contributed by atoms with van der Waals surface area (Å²) >= 11 is 1.16. The number of aryl methyl sites for hydroxylation is 1. The van der Waals surface area contributed by atoms with E-state index in [2.05, 4.69) is 45.9 Å². The normalized spacial score (nSPS) is 11.8. The van der Waals surface area contributed by atoms with Crippen LogP contribution in [0.4, 0.5) is 0 Å². The van der Waals surface area contributed by atoms with Gasteiger partial charge in [-0.1, -0.05) is 35.9 Å². The molecule has 0 saturated heterocycles. The van der Waals surface area contributed by atoms with Crippen molar-refractivity contribution in [1.29, 1.82) is 0 Å². The van der Waals surface area contributed by atoms with Crippen molar-refractivity contribution in [2.75, 3.05) is 13.9 Å². The van der Waals surface area contributed by atoms with Crippen LogP contribution in [0.25, 0.3) is 0 Å². The first-order chi connectivity index (χ1) is 17.1. The summed E-state index contributed by atoms with van der Waals surface area (Å²) in [4.78, 5) is 17.3. The van der Waals surface area contributed by atoms with Gasteiger partial charge in [-0.3, -0.25) is 4.79 Å². The molecule has 1 aliphatic rings. The Morgan fingerprint density at radius 3 is 2.63 bits per heavy atom. The molecular weight excluding hydrogens is 466 g/mol. The Bertz CT molecular complexity index is 1350. The number of amides is 1. The Balaban J connectivity index is 1.26. The van der Waals surface area contributed by atoms with Crippen LogP contribution >= 0.6 is 11.5 Å². The summed E-state index contributed by atoms with van der Waals surface area (Å²) in [6.07, 6.45) is 0.611. The molecule has 1 aromatic heterocycles. The van der Waals surface area contributed by atoms with Crippen LogP contribution in [-0.2, 0) is 13.0 Å². The largest absolute Gasteiger partial charge is 0.493 e. The molecule has 178 valence electrons. The van der Waals surface area contributed by atoms with Gasteiger partial charge in [0.2, 0.25) is 6.79 Å². The van der Waals surface area contributed by atoms with E-state index in [0.717, 1.165) is 22.7 Å². The number of ether oxygens (including phenoxy) is 4. The van der Waals surface area contributed by atoms with E-state index in [9.17, 15) is 4.79 Å². The van der Waals surface area contributed by atoms with Gasteiger partial charge in [0.05, 0.1) is 7.11 Å². The van der Waals surface area contributed by atoms with Gasteiger partial charge in [-0.25, -0.2) is 0 Å². The molecule has 0 aliphatic carbocycles. The number of nitrogens with zero attached hydrogens (tertiary/aromatic N) is 2. The van der Waals surface area contributed by atoms with Gasteiger partial charge in [-0.2, -0.15) is 9.36 Å². The van der Waals surface area contributed by atoms with Gasteiger partial charge in [0.1, 0.15) is 0 Å². The van der Waals surface area contributed by atoms with Crippen LogP contribution in [0, 0.1) is 6.92 Å². The number of methoxy groups -OCH3 is 1. The average Bonchev–Trinajstić information content (AvgIpc) is 3.53. The molecule has 0 spiro atoms. The number of rotatable bonds is 8. The number of hydrogen-bond acceptors (Lipinski definition) is 8. The topological polar surface area (TPSA) is 91.8 Å². The summed E-state index contributed by atoms with van der Waals surface area (Å²) in [5.74, 6) is 2.69. The van der Waals surface area contributed by atoms with Crippen LogP contribution in [0.15, 0.2) is 60.7 Å². The third-order valence-electron chi connectivity index (χ3n) is 5.45. The highest BCUT2D eigenvalue weighted by atomic mass is 32.1. The lowest BCUT2D eigenvalue weighted by Gasteiger charge is -2.11. The van der Waals surface area contributed by atoms with E-state index < -0.39 is 0 Å². The summed E-state index contributed by atoms with van der Waals surface area (Å²) in [5.41, 5.74) is 3.67. The predicted molar refractivity (Wildman–Crippen MR) is 131 cm³/mol. The van der Waals surface area contributed by atoms with E-state index in [1.807, 2.05) is 18.2 Å². The zero-order chi connectivity index (χ0) is 24.2. The van der Waals surface area contributed by atoms with Crippen molar-refractivity contribution in [2.24, 2.45) is 0 Å². The maximum absolute atomic E-state index is 12.8. The number of benzene rings is 3. The van der Waals surface area contributed by atoms with E-state index in [-0.39, 0.29) is 12.7 Å². The van der Waals surface area contributed by atoms with Crippen molar-refractivity contribution in [2.45, 2.75) is 19.9 Å². The molecule has 8 nitrogen and oxygen atoms in total. The minimum atomic E-state index is -0.243. The molecule has 0 bridgehead atoms. The Labute approximate surface area is 206 Å². The first-order valence-electron chi connectivity index (χ1n) is 11.0. The zero-order valence-electron chi connectivity index (χ0n) is 19.2. The second-order valence-electron chi connectivity index (χ2n) is 7.98. The van der Waals surface area contributed by atoms with Crippen molar-refractivity contribution < 1.29 is 23.7 Å². The second kappa shape index (κ2) is 10.0. The SMILES string of the molecule is COc1ccc(C(=O)NCc2ccc3c(c2)OCO3)cc1Oc1nc(Cc2ccc(C)cc2)ns1. The number of hydrogen-bond donors (Lipinski definition) is 1. The molecule has 4 aromatic rings. The van der Waals surface area contributed by atoms with Gasteiger partial charge < -0.3 is 24.3 Å². The van der Waals surface area contributed by atoms with Crippen molar-refractivity contribution in [1.82, 2.24) is 14.7 Å². The van der Waals surface area contributed by atoms with E-state index in [0.29, 0.717) is 52.5 Å². The maximum Gasteiger partial charge on any atom is 0.298 e. The standard InChI is InChI=1S/C26H23N3O5S/c1-16-3-5-17(6-4-16)12-24-28-26(35-29-24)34-23-13-19(8-10-20(23)31-2)25(30)27-14-18-7-9-21-22(11-18)33-15-32-21/h3-11,13H,12,14-15H2,1-2H3,(H,27,30). The second-order valence-corrected chi connectivity index (χ2v) is 8.69. The first kappa shape index (κ1) is 22.7. The fourth-order valence-electron chi connectivity index (χ4n) is 3.57. The smallest absolute Gasteiger partial charge is 0.298 e. The fourth-order valence-corrected chi connectivity index (χ4v) is 4.13. The Morgan fingerprint density at radius 1 is 1.00 bits per heavy atom. The monoisotopic (exact) mass is 489 g/mol. The van der Waals surface area contributed by atoms with Crippen molar-refractivity contribution in [3.05, 3.63) is 88.7 Å². The Morgan fingerprint density at radius 2 is 1.80 bits per heavy atom. The zero-order valence-corrected chi connectivity index (χ0v) is 20.1. The first-order valence-corrected chi connectivity index (χ1v) is 11.8. The molecule has 0 radical (unpaired) electrons. The summed E-state index contributed by atoms with van der Waals surface area (Å²) in [5, 5.41) is 3.29. The molecule has 0 fully saturated rings. The summed E-state index contributed by atoms with van der Waals surface area (Å²) in [6.45, 7) is 2.61. The number of carbonyl (C=O) groups excluding carboxylic acids is 1. The molecule has 0 saturated carbocycles. The van der Waals surface area contributed by atoms with Crippen molar-refractivity contribution in [3.8, 4) is 28.2 Å². The highest BCUT2D eigenvalue weighted by Crippen LogP contribution is 2.34. The highest BCUT2D eigenvalue weighted by Gasteiger charge is 2.16. The van der Waals surface area contributed by atoms with E-state index in [1.165, 1.54) is 5.56 Å². The molecule has 0 unspecified atom stereocenters. The minimum absolute atomic E-state index is 0.210. The molecule has 1 amide bonds. The highest BCUT2D eigenvalue weighted by molar-refractivity contribution is 7.07. The summed E-state index contributed by atoms with van der Waals surface area (Å²) < 4.78 is 26.5. The van der Waals surface area contributed by atoms with Crippen LogP contribution in [0.3, 0.4) is 0 Å². The average molecular weight is 490 g/mol. The van der Waals surface area contributed by atoms with E-state index in [1.54, 1.807) is 25.3 Å². The predicted octanol–water partition coefficient (Wildman–Crippen LogP) is 4.90. The molecule has 1 N–H and O–H groups in total. The van der Waals surface area contributed by atoms with Crippen LogP contribution in [0.2, 0.25) is 0 Å². The molecule has 9 heteroatoms. The molecule has 2 heterocycles. The summed E-state index contributed by atoms with van der Waals surface area (Å²) in [7, 11) is 1.55. The van der Waals surface area contributed by atoms with Gasteiger partial charge >= 0.3 is 0 Å². The molecule has 3 aromatic carbocycles. The van der Waals surface area contributed by atoms with Crippen LogP contribution in [0.5, 0.6) is 28.2 Å². The van der Waals surface area contributed by atoms with Crippen LogP contribution < -0.4 is 24.3 Å². The molecule has 1 aliphatic heterocycles. The van der Waals surface area contributed by atoms with Crippen molar-refractivity contribution in [3.63, 3.8) is 0 Å². The quantitative estimate of drug-likeness (QED) is 0.376. The summed E-state index contributed by atoms with van der Waals surface area (Å²) in [6, 6.07) is 18.8. The number of aromatic nitrogens is 2. The van der Waals surface area contributed by atoms with E-state index >= 15 is 0 Å². The lowest BCUT2D eigenvalue weighted by Crippen LogP contribution is -2.22. The van der Waals surface area contributed by atoms with Gasteiger partial charge in [0.25, 0.3) is 11.1 Å². The molecule has 0 atom stereocenters. The Hall–Kier alpha value is -4.11. The lowest BCUT2D eigenvalue weighted by atomic mass is 10.1. The number of carbonyl (C=O) groups is 1. The van der Waals surface area contributed by atoms with E-state index in [4.69, 9.17) is 18.9 Å². The van der Waals surface area contributed by atoms with Gasteiger partial charge in [-0.15, -0.1) is 0 Å². The van der Waals surface area contributed by atoms with Gasteiger partial charge in [0, 0.05) is 30.1 Å². The third-order valence-corrected chi connectivity index (χ3v) is 6.08. The number of fused-ring (bicyclic) bond motifs is 1. The number of nitrogens with one attached hydrogen (secondary N) is 1. The van der Waals surface area contributed by atoms with Gasteiger partial charge in [0.15, 0.2) is 28.8 Å². The molecule has 35 heavy (non-hydrogen) atoms. The third kappa shape index (κ3) is 5.36.